The number of rotatable bonds is 5. The molecule has 2 heterocycles. The van der Waals surface area contributed by atoms with Gasteiger partial charge in [0.25, 0.3) is 5.91 Å². The monoisotopic (exact) mass is 459 g/mol. The number of hydrogen-bond acceptors (Lipinski definition) is 5. The van der Waals surface area contributed by atoms with Crippen LogP contribution in [0.15, 0.2) is 66.7 Å². The normalized spacial score (nSPS) is 20.5. The third kappa shape index (κ3) is 3.67. The Bertz CT molecular complexity index is 1280. The van der Waals surface area contributed by atoms with Gasteiger partial charge in [-0.1, -0.05) is 24.3 Å². The lowest BCUT2D eigenvalue weighted by Crippen LogP contribution is -2.65. The predicted octanol–water partition coefficient (Wildman–Crippen LogP) is 4.73. The number of benzene rings is 3. The Balaban J connectivity index is 1.42. The van der Waals surface area contributed by atoms with Crippen LogP contribution in [0, 0.1) is 0 Å². The minimum absolute atomic E-state index is 0.129. The molecule has 0 aromatic heterocycles. The Hall–Kier alpha value is -4.20. The number of methoxy groups -OCH3 is 2. The lowest BCUT2D eigenvalue weighted by Gasteiger charge is -2.50. The molecule has 174 valence electrons. The van der Waals surface area contributed by atoms with Crippen molar-refractivity contribution in [3.8, 4) is 17.2 Å². The summed E-state index contributed by atoms with van der Waals surface area (Å²) in [7, 11) is 3.09. The summed E-state index contributed by atoms with van der Waals surface area (Å²) in [4.78, 5) is 27.7. The summed E-state index contributed by atoms with van der Waals surface area (Å²) >= 11 is 0. The molecule has 1 saturated heterocycles. The number of para-hydroxylation sites is 1. The molecule has 0 spiro atoms. The van der Waals surface area contributed by atoms with Crippen LogP contribution in [0.3, 0.4) is 0 Å². The molecule has 0 unspecified atom stereocenters. The van der Waals surface area contributed by atoms with Gasteiger partial charge in [0.1, 0.15) is 5.75 Å². The van der Waals surface area contributed by atoms with Gasteiger partial charge in [-0.05, 0) is 43.3 Å². The van der Waals surface area contributed by atoms with Gasteiger partial charge in [-0.3, -0.25) is 9.69 Å². The quantitative estimate of drug-likeness (QED) is 0.576. The number of amides is 3. The molecule has 5 rings (SSSR count). The van der Waals surface area contributed by atoms with Crippen molar-refractivity contribution in [2.45, 2.75) is 25.1 Å². The lowest BCUT2D eigenvalue weighted by molar-refractivity contribution is 0.0378. The van der Waals surface area contributed by atoms with Gasteiger partial charge in [0, 0.05) is 29.3 Å². The standard InChI is InChI=1S/C26H25N3O5/c1-26-15-20(19-9-4-5-10-21(19)34-26)28-25(31)29(26)18-8-6-7-16(13-18)24(30)27-17-11-12-22(32-2)23(14-17)33-3/h4-14,20H,15H2,1-3H3,(H,27,30)(H,28,31)/t20-,26+/m0/s1. The van der Waals surface area contributed by atoms with E-state index in [1.165, 1.54) is 7.11 Å². The fourth-order valence-corrected chi connectivity index (χ4v) is 4.62. The first kappa shape index (κ1) is 21.6. The second-order valence-corrected chi connectivity index (χ2v) is 8.43. The van der Waals surface area contributed by atoms with Crippen molar-refractivity contribution in [1.82, 2.24) is 5.32 Å². The summed E-state index contributed by atoms with van der Waals surface area (Å²) in [6.45, 7) is 1.89. The maximum Gasteiger partial charge on any atom is 0.325 e. The van der Waals surface area contributed by atoms with E-state index in [1.54, 1.807) is 54.5 Å². The van der Waals surface area contributed by atoms with Crippen LogP contribution in [0.5, 0.6) is 17.2 Å². The topological polar surface area (TPSA) is 89.1 Å². The first-order valence-corrected chi connectivity index (χ1v) is 10.9. The van der Waals surface area contributed by atoms with Crippen molar-refractivity contribution in [3.05, 3.63) is 77.9 Å². The fourth-order valence-electron chi connectivity index (χ4n) is 4.62. The third-order valence-electron chi connectivity index (χ3n) is 6.19. The van der Waals surface area contributed by atoms with Gasteiger partial charge in [-0.25, -0.2) is 4.79 Å². The van der Waals surface area contributed by atoms with Crippen molar-refractivity contribution in [3.63, 3.8) is 0 Å². The number of anilines is 2. The summed E-state index contributed by atoms with van der Waals surface area (Å²) in [5, 5.41) is 5.94. The Morgan fingerprint density at radius 3 is 2.65 bits per heavy atom. The molecule has 3 amide bonds. The highest BCUT2D eigenvalue weighted by molar-refractivity contribution is 6.06. The number of nitrogens with one attached hydrogen (secondary N) is 2. The molecular formula is C26H25N3O5. The van der Waals surface area contributed by atoms with Gasteiger partial charge < -0.3 is 24.8 Å². The second kappa shape index (κ2) is 8.30. The van der Waals surface area contributed by atoms with E-state index < -0.39 is 5.72 Å². The van der Waals surface area contributed by atoms with E-state index in [0.29, 0.717) is 34.9 Å². The maximum atomic E-state index is 13.1. The Morgan fingerprint density at radius 2 is 1.85 bits per heavy atom. The van der Waals surface area contributed by atoms with E-state index >= 15 is 0 Å². The van der Waals surface area contributed by atoms with E-state index in [-0.39, 0.29) is 18.0 Å². The molecule has 8 heteroatoms. The molecule has 3 aromatic rings. The molecule has 3 aromatic carbocycles. The Morgan fingerprint density at radius 1 is 1.06 bits per heavy atom. The SMILES string of the molecule is COc1ccc(NC(=O)c2cccc(N3C(=O)N[C@H]4C[C@@]3(C)Oc3ccccc34)c2)cc1OC. The molecule has 2 aliphatic rings. The molecule has 0 saturated carbocycles. The largest absolute Gasteiger partial charge is 0.493 e. The summed E-state index contributed by atoms with van der Waals surface area (Å²) in [6.07, 6.45) is 0.581. The van der Waals surface area contributed by atoms with E-state index in [1.807, 2.05) is 31.2 Å². The molecule has 2 N–H and O–H groups in total. The zero-order chi connectivity index (χ0) is 23.9. The third-order valence-corrected chi connectivity index (χ3v) is 6.19. The van der Waals surface area contributed by atoms with Crippen LogP contribution in [0.2, 0.25) is 0 Å². The molecule has 2 bridgehead atoms. The van der Waals surface area contributed by atoms with Gasteiger partial charge in [0.2, 0.25) is 0 Å². The van der Waals surface area contributed by atoms with Gasteiger partial charge in [0.15, 0.2) is 17.2 Å². The highest BCUT2D eigenvalue weighted by Crippen LogP contribution is 2.45. The molecule has 34 heavy (non-hydrogen) atoms. The molecular weight excluding hydrogens is 434 g/mol. The highest BCUT2D eigenvalue weighted by Gasteiger charge is 2.49. The summed E-state index contributed by atoms with van der Waals surface area (Å²) < 4.78 is 16.9. The first-order valence-electron chi connectivity index (χ1n) is 10.9. The van der Waals surface area contributed by atoms with Gasteiger partial charge in [0.05, 0.1) is 25.9 Å². The predicted molar refractivity (Wildman–Crippen MR) is 128 cm³/mol. The number of fused-ring (bicyclic) bond motifs is 4. The van der Waals surface area contributed by atoms with Gasteiger partial charge in [-0.2, -0.15) is 0 Å². The zero-order valence-corrected chi connectivity index (χ0v) is 19.1. The van der Waals surface area contributed by atoms with E-state index in [9.17, 15) is 9.59 Å². The number of carbonyl (C=O) groups is 2. The van der Waals surface area contributed by atoms with E-state index in [4.69, 9.17) is 14.2 Å². The molecule has 0 aliphatic carbocycles. The van der Waals surface area contributed by atoms with Crippen LogP contribution in [-0.4, -0.2) is 31.9 Å². The highest BCUT2D eigenvalue weighted by atomic mass is 16.5. The van der Waals surface area contributed by atoms with Gasteiger partial charge in [-0.15, -0.1) is 0 Å². The maximum absolute atomic E-state index is 13.1. The average molecular weight is 460 g/mol. The van der Waals surface area contributed by atoms with Crippen molar-refractivity contribution in [2.75, 3.05) is 24.4 Å². The van der Waals surface area contributed by atoms with E-state index in [0.717, 1.165) is 11.3 Å². The number of hydrogen-bond donors (Lipinski definition) is 2. The summed E-state index contributed by atoms with van der Waals surface area (Å²) in [5.74, 6) is 1.51. The molecule has 2 atom stereocenters. The summed E-state index contributed by atoms with van der Waals surface area (Å²) in [5.41, 5.74) is 1.61. The second-order valence-electron chi connectivity index (χ2n) is 8.43. The van der Waals surface area contributed by atoms with Gasteiger partial charge >= 0.3 is 6.03 Å². The van der Waals surface area contributed by atoms with Crippen LogP contribution >= 0.6 is 0 Å². The van der Waals surface area contributed by atoms with Crippen LogP contribution in [-0.2, 0) is 0 Å². The van der Waals surface area contributed by atoms with E-state index in [2.05, 4.69) is 10.6 Å². The number of carbonyl (C=O) groups excluding carboxylic acids is 2. The number of urea groups is 1. The smallest absolute Gasteiger partial charge is 0.325 e. The minimum Gasteiger partial charge on any atom is -0.493 e. The van der Waals surface area contributed by atoms with Crippen molar-refractivity contribution < 1.29 is 23.8 Å². The van der Waals surface area contributed by atoms with Crippen LogP contribution in [0.1, 0.15) is 35.3 Å². The Kier molecular flexibility index (Phi) is 5.28. The van der Waals surface area contributed by atoms with Crippen LogP contribution in [0.4, 0.5) is 16.2 Å². The number of ether oxygens (including phenoxy) is 3. The fraction of sp³-hybridized carbons (Fsp3) is 0.231. The molecule has 0 radical (unpaired) electrons. The molecule has 1 fully saturated rings. The molecule has 2 aliphatic heterocycles. The van der Waals surface area contributed by atoms with Crippen LogP contribution in [0.25, 0.3) is 0 Å². The molecule has 8 nitrogen and oxygen atoms in total. The minimum atomic E-state index is -0.889. The Labute approximate surface area is 197 Å². The number of nitrogens with zero attached hydrogens (tertiary/aromatic N) is 1. The summed E-state index contributed by atoms with van der Waals surface area (Å²) in [6, 6.07) is 19.4. The average Bonchev–Trinajstić information content (AvgIpc) is 2.83. The van der Waals surface area contributed by atoms with Crippen molar-refractivity contribution in [2.24, 2.45) is 0 Å². The van der Waals surface area contributed by atoms with Crippen molar-refractivity contribution >= 4 is 23.3 Å². The van der Waals surface area contributed by atoms with Crippen LogP contribution < -0.4 is 29.7 Å². The van der Waals surface area contributed by atoms with Crippen molar-refractivity contribution in [1.29, 1.82) is 0 Å². The first-order chi connectivity index (χ1) is 16.4. The lowest BCUT2D eigenvalue weighted by atomic mass is 9.90. The zero-order valence-electron chi connectivity index (χ0n) is 19.1.